The SMILES string of the molecule is CCC1CN(C(=O)C(C)(C)S(C)(=O)=O)CCC1NC. The fraction of sp³-hybridized carbons (Fsp3) is 0.923. The first-order valence-electron chi connectivity index (χ1n) is 6.81. The summed E-state index contributed by atoms with van der Waals surface area (Å²) < 4.78 is 22.2. The van der Waals surface area contributed by atoms with Crippen molar-refractivity contribution in [1.82, 2.24) is 10.2 Å². The lowest BCUT2D eigenvalue weighted by Gasteiger charge is -2.40. The van der Waals surface area contributed by atoms with Crippen molar-refractivity contribution in [2.75, 3.05) is 26.4 Å². The summed E-state index contributed by atoms with van der Waals surface area (Å²) in [7, 11) is -1.47. The molecule has 0 radical (unpaired) electrons. The molecule has 6 heteroatoms. The van der Waals surface area contributed by atoms with E-state index in [1.807, 2.05) is 7.05 Å². The maximum absolute atomic E-state index is 12.4. The highest BCUT2D eigenvalue weighted by Crippen LogP contribution is 2.25. The second-order valence-electron chi connectivity index (χ2n) is 5.89. The number of sulfone groups is 1. The van der Waals surface area contributed by atoms with Gasteiger partial charge < -0.3 is 10.2 Å². The van der Waals surface area contributed by atoms with Crippen molar-refractivity contribution in [3.8, 4) is 0 Å². The van der Waals surface area contributed by atoms with Crippen molar-refractivity contribution >= 4 is 15.7 Å². The third-order valence-electron chi connectivity index (χ3n) is 4.36. The third-order valence-corrected chi connectivity index (χ3v) is 6.39. The van der Waals surface area contributed by atoms with E-state index in [2.05, 4.69) is 12.2 Å². The molecule has 5 nitrogen and oxygen atoms in total. The molecule has 112 valence electrons. The highest BCUT2D eigenvalue weighted by atomic mass is 32.2. The number of carbonyl (C=O) groups excluding carboxylic acids is 1. The van der Waals surface area contributed by atoms with Crippen LogP contribution in [-0.4, -0.2) is 56.4 Å². The lowest BCUT2D eigenvalue weighted by molar-refractivity contribution is -0.135. The molecular formula is C13H26N2O3S. The van der Waals surface area contributed by atoms with Gasteiger partial charge in [0.2, 0.25) is 5.91 Å². The predicted molar refractivity (Wildman–Crippen MR) is 76.7 cm³/mol. The first-order valence-corrected chi connectivity index (χ1v) is 8.70. The largest absolute Gasteiger partial charge is 0.341 e. The van der Waals surface area contributed by atoms with Crippen molar-refractivity contribution in [3.63, 3.8) is 0 Å². The van der Waals surface area contributed by atoms with Crippen LogP contribution in [0.25, 0.3) is 0 Å². The van der Waals surface area contributed by atoms with Gasteiger partial charge in [-0.3, -0.25) is 4.79 Å². The Labute approximate surface area is 116 Å². The molecule has 2 atom stereocenters. The molecule has 1 aliphatic rings. The van der Waals surface area contributed by atoms with Crippen LogP contribution < -0.4 is 5.32 Å². The normalized spacial score (nSPS) is 25.4. The van der Waals surface area contributed by atoms with Crippen molar-refractivity contribution in [1.29, 1.82) is 0 Å². The van der Waals surface area contributed by atoms with Crippen molar-refractivity contribution in [2.45, 2.75) is 44.4 Å². The van der Waals surface area contributed by atoms with Crippen LogP contribution in [0.1, 0.15) is 33.6 Å². The lowest BCUT2D eigenvalue weighted by Crippen LogP contribution is -2.56. The van der Waals surface area contributed by atoms with E-state index in [-0.39, 0.29) is 5.91 Å². The van der Waals surface area contributed by atoms with Gasteiger partial charge in [0, 0.05) is 25.4 Å². The van der Waals surface area contributed by atoms with Crippen LogP contribution >= 0.6 is 0 Å². The fourth-order valence-corrected chi connectivity index (χ4v) is 3.00. The number of hydrogen-bond donors (Lipinski definition) is 1. The standard InChI is InChI=1S/C13H26N2O3S/c1-6-10-9-15(8-7-11(10)14-4)12(16)13(2,3)19(5,17)18/h10-11,14H,6-9H2,1-5H3. The quantitative estimate of drug-likeness (QED) is 0.826. The topological polar surface area (TPSA) is 66.5 Å². The molecule has 0 saturated carbocycles. The van der Waals surface area contributed by atoms with E-state index in [4.69, 9.17) is 0 Å². The molecule has 0 bridgehead atoms. The Morgan fingerprint density at radius 3 is 2.42 bits per heavy atom. The highest BCUT2D eigenvalue weighted by molar-refractivity contribution is 7.92. The average molecular weight is 290 g/mol. The molecule has 1 fully saturated rings. The Morgan fingerprint density at radius 2 is 2.00 bits per heavy atom. The number of nitrogens with one attached hydrogen (secondary N) is 1. The minimum atomic E-state index is -3.40. The summed E-state index contributed by atoms with van der Waals surface area (Å²) in [4.78, 5) is 14.2. The summed E-state index contributed by atoms with van der Waals surface area (Å²) in [5, 5.41) is 3.28. The molecule has 1 amide bonds. The lowest BCUT2D eigenvalue weighted by atomic mass is 9.89. The van der Waals surface area contributed by atoms with Gasteiger partial charge in [-0.15, -0.1) is 0 Å². The van der Waals surface area contributed by atoms with Gasteiger partial charge in [-0.2, -0.15) is 0 Å². The van der Waals surface area contributed by atoms with Gasteiger partial charge in [0.1, 0.15) is 4.75 Å². The molecule has 0 aliphatic carbocycles. The summed E-state index contributed by atoms with van der Waals surface area (Å²) in [5.74, 6) is 0.112. The third kappa shape index (κ3) is 3.28. The number of nitrogens with zero attached hydrogens (tertiary/aromatic N) is 1. The van der Waals surface area contributed by atoms with Crippen LogP contribution in [0.3, 0.4) is 0 Å². The number of hydrogen-bond acceptors (Lipinski definition) is 4. The van der Waals surface area contributed by atoms with E-state index in [9.17, 15) is 13.2 Å². The highest BCUT2D eigenvalue weighted by Gasteiger charge is 2.43. The van der Waals surface area contributed by atoms with E-state index in [1.165, 1.54) is 13.8 Å². The van der Waals surface area contributed by atoms with Gasteiger partial charge in [0.15, 0.2) is 9.84 Å². The van der Waals surface area contributed by atoms with Crippen LogP contribution in [0.2, 0.25) is 0 Å². The second kappa shape index (κ2) is 5.79. The van der Waals surface area contributed by atoms with E-state index < -0.39 is 14.6 Å². The summed E-state index contributed by atoms with van der Waals surface area (Å²) in [6.07, 6.45) is 2.98. The second-order valence-corrected chi connectivity index (χ2v) is 8.45. The van der Waals surface area contributed by atoms with E-state index in [1.54, 1.807) is 4.90 Å². The van der Waals surface area contributed by atoms with Crippen molar-refractivity contribution in [3.05, 3.63) is 0 Å². The Hall–Kier alpha value is -0.620. The summed E-state index contributed by atoms with van der Waals surface area (Å²) >= 11 is 0. The Morgan fingerprint density at radius 1 is 1.42 bits per heavy atom. The van der Waals surface area contributed by atoms with Crippen LogP contribution in [0.4, 0.5) is 0 Å². The minimum absolute atomic E-state index is 0.275. The maximum atomic E-state index is 12.4. The van der Waals surface area contributed by atoms with Gasteiger partial charge >= 0.3 is 0 Å². The monoisotopic (exact) mass is 290 g/mol. The molecule has 19 heavy (non-hydrogen) atoms. The zero-order valence-corrected chi connectivity index (χ0v) is 13.4. The molecule has 0 aromatic carbocycles. The average Bonchev–Trinajstić information content (AvgIpc) is 2.35. The summed E-state index contributed by atoms with van der Waals surface area (Å²) in [5.41, 5.74) is 0. The number of piperidine rings is 1. The zero-order chi connectivity index (χ0) is 14.8. The first-order chi connectivity index (χ1) is 8.65. The van der Waals surface area contributed by atoms with Crippen LogP contribution in [-0.2, 0) is 14.6 Å². The van der Waals surface area contributed by atoms with Crippen LogP contribution in [0, 0.1) is 5.92 Å². The molecule has 0 spiro atoms. The van der Waals surface area contributed by atoms with E-state index in [0.29, 0.717) is 25.0 Å². The molecule has 1 N–H and O–H groups in total. The number of rotatable bonds is 4. The molecule has 1 saturated heterocycles. The van der Waals surface area contributed by atoms with Crippen LogP contribution in [0.15, 0.2) is 0 Å². The molecule has 1 heterocycles. The maximum Gasteiger partial charge on any atom is 0.243 e. The van der Waals surface area contributed by atoms with E-state index in [0.717, 1.165) is 19.1 Å². The first kappa shape index (κ1) is 16.4. The van der Waals surface area contributed by atoms with Gasteiger partial charge in [0.05, 0.1) is 0 Å². The molecule has 1 rings (SSSR count). The van der Waals surface area contributed by atoms with E-state index >= 15 is 0 Å². The Kier molecular flexibility index (Phi) is 5.01. The van der Waals surface area contributed by atoms with Gasteiger partial charge in [-0.05, 0) is 33.2 Å². The number of likely N-dealkylation sites (tertiary alicyclic amines) is 1. The fourth-order valence-electron chi connectivity index (χ4n) is 2.55. The van der Waals surface area contributed by atoms with Crippen molar-refractivity contribution in [2.24, 2.45) is 5.92 Å². The van der Waals surface area contributed by atoms with Gasteiger partial charge in [-0.1, -0.05) is 13.3 Å². The molecular weight excluding hydrogens is 264 g/mol. The number of carbonyl (C=O) groups is 1. The van der Waals surface area contributed by atoms with Crippen molar-refractivity contribution < 1.29 is 13.2 Å². The summed E-state index contributed by atoms with van der Waals surface area (Å²) in [6.45, 7) is 6.36. The minimum Gasteiger partial charge on any atom is -0.341 e. The zero-order valence-electron chi connectivity index (χ0n) is 12.6. The van der Waals surface area contributed by atoms with Gasteiger partial charge in [-0.25, -0.2) is 8.42 Å². The predicted octanol–water partition coefficient (Wildman–Crippen LogP) is 0.656. The molecule has 0 aromatic heterocycles. The molecule has 2 unspecified atom stereocenters. The van der Waals surface area contributed by atoms with Crippen LogP contribution in [0.5, 0.6) is 0 Å². The smallest absolute Gasteiger partial charge is 0.243 e. The number of amides is 1. The molecule has 0 aromatic rings. The molecule has 1 aliphatic heterocycles. The Bertz CT molecular complexity index is 431. The van der Waals surface area contributed by atoms with Gasteiger partial charge in [0.25, 0.3) is 0 Å². The Balaban J connectivity index is 2.86. The summed E-state index contributed by atoms with van der Waals surface area (Å²) in [6, 6.07) is 0.412.